The molecule has 0 aliphatic heterocycles. The van der Waals surface area contributed by atoms with Gasteiger partial charge in [0.15, 0.2) is 5.60 Å². The zero-order valence-electron chi connectivity index (χ0n) is 9.75. The molecule has 4 N–H and O–H groups in total. The molecular formula is C10H14N4O4. The zero-order chi connectivity index (χ0) is 13.6. The maximum atomic E-state index is 11.3. The third kappa shape index (κ3) is 4.34. The van der Waals surface area contributed by atoms with Gasteiger partial charge in [-0.15, -0.1) is 0 Å². The molecule has 1 aromatic heterocycles. The minimum Gasteiger partial charge on any atom is -0.479 e. The predicted molar refractivity (Wildman–Crippen MR) is 60.5 cm³/mol. The third-order valence-electron chi connectivity index (χ3n) is 2.13. The number of aromatic nitrogens is 2. The van der Waals surface area contributed by atoms with E-state index in [0.29, 0.717) is 5.69 Å². The fraction of sp³-hybridized carbons (Fsp3) is 0.400. The van der Waals surface area contributed by atoms with Crippen LogP contribution in [0.5, 0.6) is 0 Å². The van der Waals surface area contributed by atoms with Crippen molar-refractivity contribution in [3.8, 4) is 0 Å². The molecule has 1 atom stereocenters. The topological polar surface area (TPSA) is 124 Å². The van der Waals surface area contributed by atoms with Gasteiger partial charge >= 0.3 is 12.0 Å². The smallest absolute Gasteiger partial charge is 0.337 e. The monoisotopic (exact) mass is 254 g/mol. The van der Waals surface area contributed by atoms with E-state index < -0.39 is 24.1 Å². The van der Waals surface area contributed by atoms with Gasteiger partial charge in [0.2, 0.25) is 0 Å². The number of rotatable bonds is 5. The highest BCUT2D eigenvalue weighted by atomic mass is 16.4. The lowest BCUT2D eigenvalue weighted by Crippen LogP contribution is -2.49. The molecule has 0 fully saturated rings. The average molecular weight is 254 g/mol. The lowest BCUT2D eigenvalue weighted by Gasteiger charge is -2.18. The van der Waals surface area contributed by atoms with Crippen LogP contribution in [0.1, 0.15) is 12.6 Å². The first-order valence-corrected chi connectivity index (χ1v) is 5.14. The third-order valence-corrected chi connectivity index (χ3v) is 2.13. The summed E-state index contributed by atoms with van der Waals surface area (Å²) in [5.41, 5.74) is -1.38. The molecule has 1 aromatic rings. The van der Waals surface area contributed by atoms with Crippen molar-refractivity contribution in [1.29, 1.82) is 0 Å². The number of nitrogens with one attached hydrogen (secondary N) is 2. The largest absolute Gasteiger partial charge is 0.479 e. The molecule has 1 unspecified atom stereocenters. The van der Waals surface area contributed by atoms with E-state index in [2.05, 4.69) is 20.6 Å². The van der Waals surface area contributed by atoms with Crippen molar-refractivity contribution in [1.82, 2.24) is 20.6 Å². The molecule has 18 heavy (non-hydrogen) atoms. The van der Waals surface area contributed by atoms with Gasteiger partial charge in [0.25, 0.3) is 0 Å². The summed E-state index contributed by atoms with van der Waals surface area (Å²) < 4.78 is 0. The van der Waals surface area contributed by atoms with Crippen molar-refractivity contribution in [2.75, 3.05) is 6.54 Å². The van der Waals surface area contributed by atoms with Gasteiger partial charge in [-0.3, -0.25) is 0 Å². The minimum absolute atomic E-state index is 0.184. The molecule has 98 valence electrons. The minimum atomic E-state index is -1.99. The van der Waals surface area contributed by atoms with Crippen LogP contribution in [0, 0.1) is 0 Å². The molecule has 0 aliphatic rings. The fourth-order valence-corrected chi connectivity index (χ4v) is 0.984. The van der Waals surface area contributed by atoms with E-state index in [1.807, 2.05) is 0 Å². The van der Waals surface area contributed by atoms with E-state index in [1.165, 1.54) is 12.5 Å². The second-order valence-electron chi connectivity index (χ2n) is 3.82. The molecule has 8 nitrogen and oxygen atoms in total. The Labute approximate surface area is 103 Å². The average Bonchev–Trinajstić information content (AvgIpc) is 2.35. The number of aliphatic hydroxyl groups is 1. The van der Waals surface area contributed by atoms with Crippen molar-refractivity contribution in [2.45, 2.75) is 19.1 Å². The van der Waals surface area contributed by atoms with Gasteiger partial charge in [-0.1, -0.05) is 0 Å². The number of urea groups is 1. The van der Waals surface area contributed by atoms with Gasteiger partial charge in [-0.25, -0.2) is 19.6 Å². The summed E-state index contributed by atoms with van der Waals surface area (Å²) in [5.74, 6) is -1.40. The molecule has 0 saturated heterocycles. The Morgan fingerprint density at radius 3 is 2.72 bits per heavy atom. The summed E-state index contributed by atoms with van der Waals surface area (Å²) in [6.45, 7) is 0.890. The molecule has 0 saturated carbocycles. The quantitative estimate of drug-likeness (QED) is 0.540. The van der Waals surface area contributed by atoms with Gasteiger partial charge in [-0.2, -0.15) is 0 Å². The molecule has 0 aromatic carbocycles. The van der Waals surface area contributed by atoms with Crippen LogP contribution < -0.4 is 10.6 Å². The first-order chi connectivity index (χ1) is 8.42. The molecule has 0 bridgehead atoms. The van der Waals surface area contributed by atoms with Crippen LogP contribution in [0.3, 0.4) is 0 Å². The van der Waals surface area contributed by atoms with Crippen molar-refractivity contribution in [3.05, 3.63) is 24.3 Å². The van der Waals surface area contributed by atoms with Gasteiger partial charge in [-0.05, 0) is 13.0 Å². The summed E-state index contributed by atoms with van der Waals surface area (Å²) in [5, 5.41) is 22.7. The van der Waals surface area contributed by atoms with Crippen LogP contribution in [0.4, 0.5) is 4.79 Å². The summed E-state index contributed by atoms with van der Waals surface area (Å²) in [6.07, 6.45) is 2.89. The Bertz CT molecular complexity index is 421. The van der Waals surface area contributed by atoms with Crippen LogP contribution in [0.25, 0.3) is 0 Å². The number of carboxylic acids is 1. The van der Waals surface area contributed by atoms with E-state index in [9.17, 15) is 14.7 Å². The number of carboxylic acid groups (broad SMARTS) is 1. The number of hydrogen-bond donors (Lipinski definition) is 4. The SMILES string of the molecule is CC(O)(CNC(=O)NCc1ccncn1)C(=O)O. The molecule has 8 heteroatoms. The summed E-state index contributed by atoms with van der Waals surface area (Å²) in [6, 6.07) is 1.04. The first kappa shape index (κ1) is 13.8. The second-order valence-corrected chi connectivity index (χ2v) is 3.82. The normalized spacial score (nSPS) is 13.4. The number of carbonyl (C=O) groups excluding carboxylic acids is 1. The number of amides is 2. The second kappa shape index (κ2) is 5.92. The van der Waals surface area contributed by atoms with Gasteiger partial charge in [0.05, 0.1) is 18.8 Å². The Morgan fingerprint density at radius 2 is 2.17 bits per heavy atom. The Kier molecular flexibility index (Phi) is 4.55. The van der Waals surface area contributed by atoms with E-state index in [0.717, 1.165) is 6.92 Å². The van der Waals surface area contributed by atoms with Crippen molar-refractivity contribution < 1.29 is 19.8 Å². The lowest BCUT2D eigenvalue weighted by molar-refractivity contribution is -0.155. The maximum Gasteiger partial charge on any atom is 0.337 e. The predicted octanol–water partition coefficient (Wildman–Crippen LogP) is -0.889. The molecule has 2 amide bonds. The fourth-order valence-electron chi connectivity index (χ4n) is 0.984. The molecule has 1 heterocycles. The Hall–Kier alpha value is -2.22. The number of aliphatic carboxylic acids is 1. The first-order valence-electron chi connectivity index (χ1n) is 5.14. The van der Waals surface area contributed by atoms with Crippen LogP contribution in [-0.2, 0) is 11.3 Å². The summed E-state index contributed by atoms with van der Waals surface area (Å²) in [7, 11) is 0. The van der Waals surface area contributed by atoms with Crippen molar-refractivity contribution >= 4 is 12.0 Å². The highest BCUT2D eigenvalue weighted by molar-refractivity contribution is 5.79. The molecule has 0 radical (unpaired) electrons. The van der Waals surface area contributed by atoms with Gasteiger partial charge < -0.3 is 20.8 Å². The zero-order valence-corrected chi connectivity index (χ0v) is 9.75. The lowest BCUT2D eigenvalue weighted by atomic mass is 10.1. The van der Waals surface area contributed by atoms with E-state index in [4.69, 9.17) is 5.11 Å². The van der Waals surface area contributed by atoms with Crippen LogP contribution in [0.15, 0.2) is 18.6 Å². The van der Waals surface area contributed by atoms with E-state index in [-0.39, 0.29) is 6.54 Å². The van der Waals surface area contributed by atoms with Crippen LogP contribution in [-0.4, -0.2) is 44.3 Å². The van der Waals surface area contributed by atoms with Crippen molar-refractivity contribution in [2.24, 2.45) is 0 Å². The summed E-state index contributed by atoms with van der Waals surface area (Å²) in [4.78, 5) is 29.5. The van der Waals surface area contributed by atoms with E-state index >= 15 is 0 Å². The molecule has 1 rings (SSSR count). The Morgan fingerprint density at radius 1 is 1.44 bits per heavy atom. The van der Waals surface area contributed by atoms with Crippen molar-refractivity contribution in [3.63, 3.8) is 0 Å². The van der Waals surface area contributed by atoms with Crippen LogP contribution in [0.2, 0.25) is 0 Å². The standard InChI is InChI=1S/C10H14N4O4/c1-10(18,8(15)16)5-13-9(17)12-4-7-2-3-11-6-14-7/h2-3,6,18H,4-5H2,1H3,(H,15,16)(H2,12,13,17). The molecule has 0 spiro atoms. The summed E-state index contributed by atoms with van der Waals surface area (Å²) >= 11 is 0. The highest BCUT2D eigenvalue weighted by Crippen LogP contribution is 2.00. The number of carbonyl (C=O) groups is 2. The van der Waals surface area contributed by atoms with E-state index in [1.54, 1.807) is 6.07 Å². The number of nitrogens with zero attached hydrogens (tertiary/aromatic N) is 2. The number of hydrogen-bond acceptors (Lipinski definition) is 5. The molecule has 0 aliphatic carbocycles. The maximum absolute atomic E-state index is 11.3. The molecular weight excluding hydrogens is 240 g/mol. The highest BCUT2D eigenvalue weighted by Gasteiger charge is 2.30. The Balaban J connectivity index is 2.33. The van der Waals surface area contributed by atoms with Gasteiger partial charge in [0, 0.05) is 6.20 Å². The van der Waals surface area contributed by atoms with Crippen LogP contribution >= 0.6 is 0 Å². The van der Waals surface area contributed by atoms with Gasteiger partial charge in [0.1, 0.15) is 6.33 Å².